The van der Waals surface area contributed by atoms with E-state index in [0.29, 0.717) is 31.5 Å². The van der Waals surface area contributed by atoms with Crippen molar-refractivity contribution in [2.75, 3.05) is 32.1 Å². The number of amides is 2. The second kappa shape index (κ2) is 8.20. The van der Waals surface area contributed by atoms with E-state index >= 15 is 0 Å². The molecule has 0 radical (unpaired) electrons. The summed E-state index contributed by atoms with van der Waals surface area (Å²) in [6, 6.07) is 13.5. The number of benzene rings is 2. The minimum Gasteiger partial charge on any atom is -0.378 e. The van der Waals surface area contributed by atoms with Crippen LogP contribution in [0, 0.1) is 5.82 Å². The van der Waals surface area contributed by atoms with Gasteiger partial charge >= 0.3 is 0 Å². The Morgan fingerprint density at radius 2 is 1.67 bits per heavy atom. The summed E-state index contributed by atoms with van der Waals surface area (Å²) in [6.07, 6.45) is 1.31. The average molecular weight is 369 g/mol. The molecule has 142 valence electrons. The van der Waals surface area contributed by atoms with Crippen molar-refractivity contribution in [3.05, 3.63) is 65.5 Å². The zero-order valence-corrected chi connectivity index (χ0v) is 15.6. The van der Waals surface area contributed by atoms with E-state index in [0.717, 1.165) is 5.69 Å². The molecule has 5 nitrogen and oxygen atoms in total. The minimum absolute atomic E-state index is 0.00990. The van der Waals surface area contributed by atoms with E-state index in [1.165, 1.54) is 12.1 Å². The number of halogens is 1. The first-order valence-corrected chi connectivity index (χ1v) is 9.08. The second-order valence-electron chi connectivity index (χ2n) is 6.96. The predicted molar refractivity (Wildman–Crippen MR) is 104 cm³/mol. The first-order valence-electron chi connectivity index (χ1n) is 9.08. The fraction of sp³-hybridized carbons (Fsp3) is 0.333. The molecular formula is C21H24FN3O2. The number of piperidine rings is 1. The van der Waals surface area contributed by atoms with Crippen molar-refractivity contribution in [1.29, 1.82) is 0 Å². The largest absolute Gasteiger partial charge is 0.378 e. The lowest BCUT2D eigenvalue weighted by molar-refractivity contribution is 0.0693. The summed E-state index contributed by atoms with van der Waals surface area (Å²) in [6.45, 7) is 0.995. The average Bonchev–Trinajstić information content (AvgIpc) is 2.68. The highest BCUT2D eigenvalue weighted by molar-refractivity contribution is 5.95. The lowest BCUT2D eigenvalue weighted by Gasteiger charge is -2.32. The van der Waals surface area contributed by atoms with Crippen LogP contribution in [0.25, 0.3) is 0 Å². The summed E-state index contributed by atoms with van der Waals surface area (Å²) >= 11 is 0. The molecule has 0 aromatic heterocycles. The van der Waals surface area contributed by atoms with Crippen molar-refractivity contribution in [3.8, 4) is 0 Å². The molecule has 3 rings (SSSR count). The number of hydrogen-bond donors (Lipinski definition) is 1. The van der Waals surface area contributed by atoms with E-state index < -0.39 is 5.82 Å². The van der Waals surface area contributed by atoms with Crippen LogP contribution in [-0.4, -0.2) is 49.9 Å². The molecule has 1 N–H and O–H groups in total. The van der Waals surface area contributed by atoms with E-state index in [4.69, 9.17) is 0 Å². The number of rotatable bonds is 4. The number of nitrogens with zero attached hydrogens (tertiary/aromatic N) is 2. The monoisotopic (exact) mass is 369 g/mol. The van der Waals surface area contributed by atoms with Crippen LogP contribution in [-0.2, 0) is 0 Å². The maximum Gasteiger partial charge on any atom is 0.256 e. The van der Waals surface area contributed by atoms with Crippen LogP contribution in [0.1, 0.15) is 33.6 Å². The van der Waals surface area contributed by atoms with Gasteiger partial charge in [0.15, 0.2) is 0 Å². The predicted octanol–water partition coefficient (Wildman–Crippen LogP) is 2.93. The Morgan fingerprint density at radius 3 is 2.26 bits per heavy atom. The van der Waals surface area contributed by atoms with E-state index in [-0.39, 0.29) is 23.4 Å². The van der Waals surface area contributed by atoms with Gasteiger partial charge in [0, 0.05) is 44.5 Å². The van der Waals surface area contributed by atoms with Crippen molar-refractivity contribution in [2.45, 2.75) is 18.9 Å². The maximum atomic E-state index is 13.8. The third kappa shape index (κ3) is 4.45. The molecule has 2 amide bonds. The molecule has 0 saturated carbocycles. The van der Waals surface area contributed by atoms with Crippen LogP contribution in [0.2, 0.25) is 0 Å². The van der Waals surface area contributed by atoms with Gasteiger partial charge < -0.3 is 15.1 Å². The lowest BCUT2D eigenvalue weighted by atomic mass is 10.0. The summed E-state index contributed by atoms with van der Waals surface area (Å²) < 4.78 is 13.8. The number of anilines is 1. The summed E-state index contributed by atoms with van der Waals surface area (Å²) in [4.78, 5) is 28.5. The third-order valence-corrected chi connectivity index (χ3v) is 4.87. The van der Waals surface area contributed by atoms with Crippen molar-refractivity contribution >= 4 is 17.5 Å². The Hall–Kier alpha value is -2.89. The van der Waals surface area contributed by atoms with Crippen LogP contribution in [0.15, 0.2) is 48.5 Å². The molecule has 1 aliphatic rings. The van der Waals surface area contributed by atoms with Crippen LogP contribution >= 0.6 is 0 Å². The normalized spacial score (nSPS) is 14.7. The number of likely N-dealkylation sites (tertiary alicyclic amines) is 1. The van der Waals surface area contributed by atoms with Crippen LogP contribution in [0.4, 0.5) is 10.1 Å². The Bertz CT molecular complexity index is 812. The highest BCUT2D eigenvalue weighted by atomic mass is 19.1. The van der Waals surface area contributed by atoms with Gasteiger partial charge in [-0.3, -0.25) is 9.59 Å². The SMILES string of the molecule is CN(C)c1ccc(C(=O)NC2CCN(C(=O)c3ccccc3F)CC2)cc1. The molecule has 1 heterocycles. The fourth-order valence-corrected chi connectivity index (χ4v) is 3.21. The molecule has 2 aromatic carbocycles. The standard InChI is InChI=1S/C21H24FN3O2/c1-24(2)17-9-7-15(8-10-17)20(26)23-16-11-13-25(14-12-16)21(27)18-5-3-4-6-19(18)22/h3-10,16H,11-14H2,1-2H3,(H,23,26). The number of nitrogens with one attached hydrogen (secondary N) is 1. The van der Waals surface area contributed by atoms with E-state index in [9.17, 15) is 14.0 Å². The van der Waals surface area contributed by atoms with Crippen molar-refractivity contribution < 1.29 is 14.0 Å². The van der Waals surface area contributed by atoms with E-state index in [2.05, 4.69) is 5.32 Å². The third-order valence-electron chi connectivity index (χ3n) is 4.87. The molecule has 0 unspecified atom stereocenters. The Kier molecular flexibility index (Phi) is 5.74. The summed E-state index contributed by atoms with van der Waals surface area (Å²) in [5.41, 5.74) is 1.75. The lowest BCUT2D eigenvalue weighted by Crippen LogP contribution is -2.46. The molecule has 1 saturated heterocycles. The van der Waals surface area contributed by atoms with Gasteiger partial charge in [-0.25, -0.2) is 4.39 Å². The van der Waals surface area contributed by atoms with Crippen LogP contribution < -0.4 is 10.2 Å². The zero-order chi connectivity index (χ0) is 19.4. The maximum absolute atomic E-state index is 13.8. The van der Waals surface area contributed by atoms with E-state index in [1.54, 1.807) is 17.0 Å². The van der Waals surface area contributed by atoms with Gasteiger partial charge in [0.2, 0.25) is 0 Å². The molecule has 1 fully saturated rings. The van der Waals surface area contributed by atoms with Crippen molar-refractivity contribution in [1.82, 2.24) is 10.2 Å². The Labute approximate surface area is 158 Å². The number of carbonyl (C=O) groups is 2. The van der Waals surface area contributed by atoms with Gasteiger partial charge in [-0.15, -0.1) is 0 Å². The molecule has 1 aliphatic heterocycles. The highest BCUT2D eigenvalue weighted by Gasteiger charge is 2.26. The smallest absolute Gasteiger partial charge is 0.256 e. The molecule has 2 aromatic rings. The van der Waals surface area contributed by atoms with Crippen LogP contribution in [0.3, 0.4) is 0 Å². The van der Waals surface area contributed by atoms with Gasteiger partial charge in [0.1, 0.15) is 5.82 Å². The minimum atomic E-state index is -0.501. The highest BCUT2D eigenvalue weighted by Crippen LogP contribution is 2.17. The Balaban J connectivity index is 1.54. The van der Waals surface area contributed by atoms with Gasteiger partial charge in [0.05, 0.1) is 5.56 Å². The second-order valence-corrected chi connectivity index (χ2v) is 6.96. The van der Waals surface area contributed by atoms with Crippen molar-refractivity contribution in [3.63, 3.8) is 0 Å². The molecule has 6 heteroatoms. The molecule has 27 heavy (non-hydrogen) atoms. The van der Waals surface area contributed by atoms with Gasteiger partial charge in [0.25, 0.3) is 11.8 Å². The topological polar surface area (TPSA) is 52.7 Å². The summed E-state index contributed by atoms with van der Waals surface area (Å²) in [7, 11) is 3.90. The fourth-order valence-electron chi connectivity index (χ4n) is 3.21. The quantitative estimate of drug-likeness (QED) is 0.902. The van der Waals surface area contributed by atoms with E-state index in [1.807, 2.05) is 43.3 Å². The molecule has 0 bridgehead atoms. The van der Waals surface area contributed by atoms with Crippen LogP contribution in [0.5, 0.6) is 0 Å². The summed E-state index contributed by atoms with van der Waals surface area (Å²) in [5, 5.41) is 3.03. The molecule has 0 spiro atoms. The molecule has 0 atom stereocenters. The Morgan fingerprint density at radius 1 is 1.04 bits per heavy atom. The van der Waals surface area contributed by atoms with Gasteiger partial charge in [-0.2, -0.15) is 0 Å². The van der Waals surface area contributed by atoms with Crippen molar-refractivity contribution in [2.24, 2.45) is 0 Å². The summed E-state index contributed by atoms with van der Waals surface area (Å²) in [5.74, 6) is -0.907. The first-order chi connectivity index (χ1) is 13.0. The molecule has 0 aliphatic carbocycles. The number of carbonyl (C=O) groups excluding carboxylic acids is 2. The first kappa shape index (κ1) is 18.9. The van der Waals surface area contributed by atoms with Gasteiger partial charge in [-0.05, 0) is 49.2 Å². The zero-order valence-electron chi connectivity index (χ0n) is 15.6. The van der Waals surface area contributed by atoms with Gasteiger partial charge in [-0.1, -0.05) is 12.1 Å². The number of hydrogen-bond acceptors (Lipinski definition) is 3. The molecular weight excluding hydrogens is 345 g/mol.